The zero-order valence-corrected chi connectivity index (χ0v) is 13.7. The maximum Gasteiger partial charge on any atom is 0.326 e. The largest absolute Gasteiger partial charge is 0.468 e. The second-order valence-electron chi connectivity index (χ2n) is 6.61. The maximum atomic E-state index is 12.3. The lowest BCUT2D eigenvalue weighted by Crippen LogP contribution is -2.55. The fourth-order valence-electron chi connectivity index (χ4n) is 3.56. The summed E-state index contributed by atoms with van der Waals surface area (Å²) in [5.74, 6) is 1.19. The van der Waals surface area contributed by atoms with Crippen molar-refractivity contribution in [1.82, 2.24) is 5.32 Å². The van der Waals surface area contributed by atoms with Crippen molar-refractivity contribution in [1.29, 1.82) is 0 Å². The number of rotatable bonds is 10. The lowest BCUT2D eigenvalue weighted by molar-refractivity contribution is -0.150. The summed E-state index contributed by atoms with van der Waals surface area (Å²) < 4.78 is 10.9. The number of esters is 1. The van der Waals surface area contributed by atoms with Crippen LogP contribution in [-0.4, -0.2) is 38.4 Å². The van der Waals surface area contributed by atoms with Gasteiger partial charge in [-0.05, 0) is 50.5 Å². The number of hydrogen-bond acceptors (Lipinski definition) is 4. The van der Waals surface area contributed by atoms with Crippen LogP contribution in [-0.2, 0) is 14.3 Å². The van der Waals surface area contributed by atoms with Gasteiger partial charge < -0.3 is 14.8 Å². The van der Waals surface area contributed by atoms with Crippen LogP contribution < -0.4 is 5.32 Å². The van der Waals surface area contributed by atoms with Gasteiger partial charge in [0.25, 0.3) is 0 Å². The minimum atomic E-state index is -0.468. The van der Waals surface area contributed by atoms with Crippen molar-refractivity contribution in [3.63, 3.8) is 0 Å². The van der Waals surface area contributed by atoms with Gasteiger partial charge in [-0.3, -0.25) is 4.79 Å². The van der Waals surface area contributed by atoms with E-state index in [2.05, 4.69) is 12.2 Å². The summed E-state index contributed by atoms with van der Waals surface area (Å²) in [7, 11) is 1.50. The highest BCUT2D eigenvalue weighted by Crippen LogP contribution is 2.39. The first-order valence-corrected chi connectivity index (χ1v) is 8.64. The van der Waals surface area contributed by atoms with Crippen LogP contribution in [0.5, 0.6) is 0 Å². The molecule has 0 bridgehead atoms. The van der Waals surface area contributed by atoms with Crippen molar-refractivity contribution < 1.29 is 14.3 Å². The SMILES string of the molecule is CCCNC1(C(=O)OC)CCCC1CCOCCC1CC1. The number of carbonyl (C=O) groups excluding carboxylic acids is 1. The molecule has 2 rings (SSSR count). The third kappa shape index (κ3) is 4.43. The van der Waals surface area contributed by atoms with Crippen molar-refractivity contribution in [2.45, 2.75) is 63.8 Å². The van der Waals surface area contributed by atoms with Gasteiger partial charge in [0, 0.05) is 13.2 Å². The fourth-order valence-corrected chi connectivity index (χ4v) is 3.56. The number of hydrogen-bond donors (Lipinski definition) is 1. The summed E-state index contributed by atoms with van der Waals surface area (Å²) in [6, 6.07) is 0. The normalized spacial score (nSPS) is 28.8. The molecule has 122 valence electrons. The van der Waals surface area contributed by atoms with E-state index in [1.165, 1.54) is 26.4 Å². The number of ether oxygens (including phenoxy) is 2. The highest BCUT2D eigenvalue weighted by Gasteiger charge is 2.49. The second-order valence-corrected chi connectivity index (χ2v) is 6.61. The van der Waals surface area contributed by atoms with Crippen LogP contribution in [0.25, 0.3) is 0 Å². The van der Waals surface area contributed by atoms with Crippen LogP contribution in [0.1, 0.15) is 58.3 Å². The molecule has 0 aromatic carbocycles. The smallest absolute Gasteiger partial charge is 0.326 e. The molecule has 0 amide bonds. The molecule has 2 unspecified atom stereocenters. The zero-order valence-electron chi connectivity index (χ0n) is 13.7. The van der Waals surface area contributed by atoms with Crippen LogP contribution in [0.2, 0.25) is 0 Å². The first-order valence-electron chi connectivity index (χ1n) is 8.64. The Morgan fingerprint density at radius 2 is 2.00 bits per heavy atom. The Kier molecular flexibility index (Phi) is 6.49. The van der Waals surface area contributed by atoms with E-state index < -0.39 is 5.54 Å². The number of methoxy groups -OCH3 is 1. The zero-order chi connectivity index (χ0) is 15.1. The first-order chi connectivity index (χ1) is 10.2. The molecule has 0 spiro atoms. The van der Waals surface area contributed by atoms with E-state index in [1.54, 1.807) is 0 Å². The quantitative estimate of drug-likeness (QED) is 0.497. The van der Waals surface area contributed by atoms with Gasteiger partial charge in [-0.15, -0.1) is 0 Å². The molecule has 2 saturated carbocycles. The average molecular weight is 297 g/mol. The van der Waals surface area contributed by atoms with Gasteiger partial charge in [0.15, 0.2) is 0 Å². The molecule has 2 fully saturated rings. The van der Waals surface area contributed by atoms with Crippen molar-refractivity contribution in [3.05, 3.63) is 0 Å². The van der Waals surface area contributed by atoms with Crippen LogP contribution in [0.15, 0.2) is 0 Å². The minimum Gasteiger partial charge on any atom is -0.468 e. The molecule has 2 aliphatic carbocycles. The Bertz CT molecular complexity index is 330. The molecule has 0 heterocycles. The third-order valence-corrected chi connectivity index (χ3v) is 5.04. The molecule has 2 atom stereocenters. The van der Waals surface area contributed by atoms with Crippen molar-refractivity contribution >= 4 is 5.97 Å². The molecule has 0 radical (unpaired) electrons. The van der Waals surface area contributed by atoms with Gasteiger partial charge in [-0.25, -0.2) is 0 Å². The highest BCUT2D eigenvalue weighted by atomic mass is 16.5. The lowest BCUT2D eigenvalue weighted by Gasteiger charge is -2.34. The second kappa shape index (κ2) is 8.14. The summed E-state index contributed by atoms with van der Waals surface area (Å²) >= 11 is 0. The van der Waals surface area contributed by atoms with Crippen LogP contribution in [0, 0.1) is 11.8 Å². The Balaban J connectivity index is 1.80. The van der Waals surface area contributed by atoms with E-state index >= 15 is 0 Å². The van der Waals surface area contributed by atoms with Crippen molar-refractivity contribution in [3.8, 4) is 0 Å². The Morgan fingerprint density at radius 1 is 1.24 bits per heavy atom. The van der Waals surface area contributed by atoms with Crippen LogP contribution >= 0.6 is 0 Å². The summed E-state index contributed by atoms with van der Waals surface area (Å²) in [4.78, 5) is 12.3. The standard InChI is InChI=1S/C17H31NO3/c1-3-11-18-17(16(19)20-2)10-4-5-15(17)9-13-21-12-8-14-6-7-14/h14-15,18H,3-13H2,1-2H3. The topological polar surface area (TPSA) is 47.6 Å². The highest BCUT2D eigenvalue weighted by molar-refractivity contribution is 5.81. The molecule has 1 N–H and O–H groups in total. The molecule has 0 aromatic heterocycles. The van der Waals surface area contributed by atoms with Gasteiger partial charge in [-0.1, -0.05) is 26.2 Å². The molecule has 0 aromatic rings. The van der Waals surface area contributed by atoms with E-state index in [9.17, 15) is 4.79 Å². The molecule has 0 aliphatic heterocycles. The molecular weight excluding hydrogens is 266 g/mol. The van der Waals surface area contributed by atoms with Crippen LogP contribution in [0.4, 0.5) is 0 Å². The first kappa shape index (κ1) is 16.8. The van der Waals surface area contributed by atoms with E-state index in [0.717, 1.165) is 57.8 Å². The molecule has 0 saturated heterocycles. The molecule has 2 aliphatic rings. The van der Waals surface area contributed by atoms with E-state index in [-0.39, 0.29) is 5.97 Å². The number of carbonyl (C=O) groups is 1. The third-order valence-electron chi connectivity index (χ3n) is 5.04. The van der Waals surface area contributed by atoms with Gasteiger partial charge >= 0.3 is 5.97 Å². The predicted octanol–water partition coefficient (Wildman–Crippen LogP) is 2.90. The maximum absolute atomic E-state index is 12.3. The van der Waals surface area contributed by atoms with E-state index in [4.69, 9.17) is 9.47 Å². The van der Waals surface area contributed by atoms with E-state index in [0.29, 0.717) is 5.92 Å². The lowest BCUT2D eigenvalue weighted by atomic mass is 9.84. The van der Waals surface area contributed by atoms with Gasteiger partial charge in [-0.2, -0.15) is 0 Å². The molecule has 21 heavy (non-hydrogen) atoms. The van der Waals surface area contributed by atoms with Gasteiger partial charge in [0.2, 0.25) is 0 Å². The van der Waals surface area contributed by atoms with E-state index in [1.807, 2.05) is 0 Å². The molecular formula is C17H31NO3. The predicted molar refractivity (Wildman–Crippen MR) is 83.2 cm³/mol. The summed E-state index contributed by atoms with van der Waals surface area (Å²) in [6.45, 7) is 4.64. The van der Waals surface area contributed by atoms with Crippen molar-refractivity contribution in [2.75, 3.05) is 26.9 Å². The summed E-state index contributed by atoms with van der Waals surface area (Å²) in [5.41, 5.74) is -0.468. The summed E-state index contributed by atoms with van der Waals surface area (Å²) in [5, 5.41) is 3.48. The Hall–Kier alpha value is -0.610. The van der Waals surface area contributed by atoms with Crippen LogP contribution in [0.3, 0.4) is 0 Å². The van der Waals surface area contributed by atoms with Crippen molar-refractivity contribution in [2.24, 2.45) is 11.8 Å². The fraction of sp³-hybridized carbons (Fsp3) is 0.941. The Morgan fingerprint density at radius 3 is 2.67 bits per heavy atom. The molecule has 4 heteroatoms. The monoisotopic (exact) mass is 297 g/mol. The van der Waals surface area contributed by atoms with Gasteiger partial charge in [0.05, 0.1) is 7.11 Å². The molecule has 4 nitrogen and oxygen atoms in total. The van der Waals surface area contributed by atoms with Gasteiger partial charge in [0.1, 0.15) is 5.54 Å². The summed E-state index contributed by atoms with van der Waals surface area (Å²) in [6.07, 6.45) is 9.06. The minimum absolute atomic E-state index is 0.0866. The average Bonchev–Trinajstić information content (AvgIpc) is 3.24. The Labute approximate surface area is 129 Å². The number of nitrogens with one attached hydrogen (secondary N) is 1.